The van der Waals surface area contributed by atoms with E-state index in [2.05, 4.69) is 0 Å². The number of ether oxygens (including phenoxy) is 1. The van der Waals surface area contributed by atoms with Gasteiger partial charge in [0.15, 0.2) is 0 Å². The summed E-state index contributed by atoms with van der Waals surface area (Å²) < 4.78 is 5.51. The van der Waals surface area contributed by atoms with Crippen molar-refractivity contribution in [2.45, 2.75) is 31.0 Å². The van der Waals surface area contributed by atoms with E-state index < -0.39 is 11.7 Å². The molecule has 0 radical (unpaired) electrons. The van der Waals surface area contributed by atoms with Gasteiger partial charge in [-0.05, 0) is 6.42 Å². The number of aldehydes is 1. The van der Waals surface area contributed by atoms with E-state index >= 15 is 0 Å². The van der Waals surface area contributed by atoms with E-state index in [1.54, 1.807) is 0 Å². The van der Waals surface area contributed by atoms with E-state index in [-0.39, 0.29) is 24.7 Å². The molecule has 1 aliphatic heterocycles. The Morgan fingerprint density at radius 2 is 2.46 bits per heavy atom. The molecule has 1 saturated carbocycles. The number of Topliss-reactive ketones (excluding diaryl/α,β-unsaturated/α-hetero) is 1. The summed E-state index contributed by atoms with van der Waals surface area (Å²) in [6, 6.07) is 0. The van der Waals surface area contributed by atoms with Crippen LogP contribution < -0.4 is 0 Å². The van der Waals surface area contributed by atoms with Crippen LogP contribution >= 0.6 is 0 Å². The highest BCUT2D eigenvalue weighted by atomic mass is 16.5. The van der Waals surface area contributed by atoms with Crippen molar-refractivity contribution in [3.8, 4) is 0 Å². The first-order chi connectivity index (χ1) is 6.20. The van der Waals surface area contributed by atoms with Gasteiger partial charge in [0.1, 0.15) is 12.1 Å². The highest BCUT2D eigenvalue weighted by molar-refractivity contribution is 5.83. The molecule has 1 unspecified atom stereocenters. The first kappa shape index (κ1) is 8.84. The van der Waals surface area contributed by atoms with Gasteiger partial charge in [-0.25, -0.2) is 0 Å². The third kappa shape index (κ3) is 1.40. The Balaban J connectivity index is 2.06. The zero-order chi connectivity index (χ0) is 9.47. The topological polar surface area (TPSA) is 63.6 Å². The lowest BCUT2D eigenvalue weighted by Crippen LogP contribution is -2.38. The lowest BCUT2D eigenvalue weighted by atomic mass is 10.00. The predicted octanol–water partition coefficient (Wildman–Crippen LogP) is -0.316. The van der Waals surface area contributed by atoms with Crippen molar-refractivity contribution < 1.29 is 19.4 Å². The van der Waals surface area contributed by atoms with E-state index in [0.717, 1.165) is 6.29 Å². The lowest BCUT2D eigenvalue weighted by Gasteiger charge is -2.28. The second kappa shape index (κ2) is 2.89. The zero-order valence-electron chi connectivity index (χ0n) is 7.23. The van der Waals surface area contributed by atoms with Crippen LogP contribution in [0.3, 0.4) is 0 Å². The minimum Gasteiger partial charge on any atom is -0.394 e. The molecule has 0 aromatic heterocycles. The van der Waals surface area contributed by atoms with Gasteiger partial charge in [0, 0.05) is 18.8 Å². The molecular weight excluding hydrogens is 172 g/mol. The van der Waals surface area contributed by atoms with Crippen LogP contribution in [-0.4, -0.2) is 35.5 Å². The fourth-order valence-electron chi connectivity index (χ4n) is 2.00. The van der Waals surface area contributed by atoms with Gasteiger partial charge < -0.3 is 14.6 Å². The molecule has 1 aliphatic carbocycles. The summed E-state index contributed by atoms with van der Waals surface area (Å²) in [4.78, 5) is 21.7. The Labute approximate surface area is 75.9 Å². The van der Waals surface area contributed by atoms with E-state index in [0.29, 0.717) is 12.8 Å². The van der Waals surface area contributed by atoms with Crippen LogP contribution in [0.4, 0.5) is 0 Å². The number of hydrogen-bond acceptors (Lipinski definition) is 4. The molecule has 2 fully saturated rings. The summed E-state index contributed by atoms with van der Waals surface area (Å²) in [6.45, 7) is -0.140. The van der Waals surface area contributed by atoms with Gasteiger partial charge in [0.2, 0.25) is 0 Å². The van der Waals surface area contributed by atoms with Gasteiger partial charge >= 0.3 is 0 Å². The quantitative estimate of drug-likeness (QED) is 0.597. The van der Waals surface area contributed by atoms with Crippen molar-refractivity contribution in [1.29, 1.82) is 0 Å². The second-order valence-corrected chi connectivity index (χ2v) is 3.85. The molecule has 0 bridgehead atoms. The summed E-state index contributed by atoms with van der Waals surface area (Å²) in [5, 5.41) is 8.86. The molecule has 2 rings (SSSR count). The monoisotopic (exact) mass is 184 g/mol. The number of ketones is 1. The van der Waals surface area contributed by atoms with E-state index in [1.807, 2.05) is 0 Å². The molecule has 1 heterocycles. The Bertz CT molecular complexity index is 250. The van der Waals surface area contributed by atoms with Crippen molar-refractivity contribution in [2.24, 2.45) is 5.92 Å². The van der Waals surface area contributed by atoms with Crippen molar-refractivity contribution >= 4 is 12.1 Å². The SMILES string of the molecule is O=C[C@H]1CC12CC(=O)C[C@@H](CO)O2. The average molecular weight is 184 g/mol. The standard InChI is InChI=1S/C9H12O4/c10-4-6-2-9(6)3-7(12)1-8(5-11)13-9/h4,6,8,11H,1-3,5H2/t6-,8+,9?/m1/s1. The Kier molecular flexibility index (Phi) is 1.96. The highest BCUT2D eigenvalue weighted by Crippen LogP contribution is 2.51. The number of hydrogen-bond donors (Lipinski definition) is 1. The summed E-state index contributed by atoms with van der Waals surface area (Å²) in [5.74, 6) is -0.0413. The maximum atomic E-state index is 11.2. The zero-order valence-corrected chi connectivity index (χ0v) is 7.23. The third-order valence-electron chi connectivity index (χ3n) is 2.80. The average Bonchev–Trinajstić information content (AvgIpc) is 2.76. The molecule has 3 atom stereocenters. The first-order valence-electron chi connectivity index (χ1n) is 4.46. The largest absolute Gasteiger partial charge is 0.394 e. The highest BCUT2D eigenvalue weighted by Gasteiger charge is 2.59. The molecule has 1 saturated heterocycles. The minimum absolute atomic E-state index is 0.0923. The summed E-state index contributed by atoms with van der Waals surface area (Å²) >= 11 is 0. The summed E-state index contributed by atoms with van der Waals surface area (Å²) in [5.41, 5.74) is -0.537. The van der Waals surface area contributed by atoms with Crippen LogP contribution in [0.5, 0.6) is 0 Å². The molecule has 0 aromatic rings. The van der Waals surface area contributed by atoms with E-state index in [4.69, 9.17) is 9.84 Å². The fourth-order valence-corrected chi connectivity index (χ4v) is 2.00. The Morgan fingerprint density at radius 1 is 1.69 bits per heavy atom. The summed E-state index contributed by atoms with van der Waals surface area (Å²) in [6.07, 6.45) is 1.70. The van der Waals surface area contributed by atoms with Crippen molar-refractivity contribution in [3.63, 3.8) is 0 Å². The molecule has 13 heavy (non-hydrogen) atoms. The van der Waals surface area contributed by atoms with E-state index in [1.165, 1.54) is 0 Å². The van der Waals surface area contributed by atoms with Crippen LogP contribution in [0, 0.1) is 5.92 Å². The number of aliphatic hydroxyl groups is 1. The molecule has 0 amide bonds. The van der Waals surface area contributed by atoms with Crippen molar-refractivity contribution in [1.82, 2.24) is 0 Å². The lowest BCUT2D eigenvalue weighted by molar-refractivity contribution is -0.144. The van der Waals surface area contributed by atoms with Gasteiger partial charge in [0.25, 0.3) is 0 Å². The van der Waals surface area contributed by atoms with E-state index in [9.17, 15) is 9.59 Å². The van der Waals surface area contributed by atoms with Crippen molar-refractivity contribution in [3.05, 3.63) is 0 Å². The Morgan fingerprint density at radius 3 is 3.00 bits per heavy atom. The van der Waals surface area contributed by atoms with Crippen LogP contribution in [0.25, 0.3) is 0 Å². The van der Waals surface area contributed by atoms with Crippen LogP contribution in [-0.2, 0) is 14.3 Å². The van der Waals surface area contributed by atoms with Crippen LogP contribution in [0.2, 0.25) is 0 Å². The normalized spacial score (nSPS) is 43.6. The summed E-state index contributed by atoms with van der Waals surface area (Å²) in [7, 11) is 0. The van der Waals surface area contributed by atoms with Gasteiger partial charge in [0.05, 0.1) is 18.3 Å². The van der Waals surface area contributed by atoms with Crippen LogP contribution in [0.1, 0.15) is 19.3 Å². The number of rotatable bonds is 2. The van der Waals surface area contributed by atoms with Crippen LogP contribution in [0.15, 0.2) is 0 Å². The maximum Gasteiger partial charge on any atom is 0.138 e. The van der Waals surface area contributed by atoms with Crippen molar-refractivity contribution in [2.75, 3.05) is 6.61 Å². The fraction of sp³-hybridized carbons (Fsp3) is 0.778. The first-order valence-corrected chi connectivity index (χ1v) is 4.46. The molecule has 1 spiro atoms. The molecule has 1 N–H and O–H groups in total. The van der Waals surface area contributed by atoms with Gasteiger partial charge in [-0.1, -0.05) is 0 Å². The molecule has 4 heteroatoms. The maximum absolute atomic E-state index is 11.2. The molecule has 72 valence electrons. The predicted molar refractivity (Wildman–Crippen MR) is 43.1 cm³/mol. The molecule has 0 aromatic carbocycles. The second-order valence-electron chi connectivity index (χ2n) is 3.85. The molecule has 4 nitrogen and oxygen atoms in total. The third-order valence-corrected chi connectivity index (χ3v) is 2.80. The molecule has 2 aliphatic rings. The number of aliphatic hydroxyl groups excluding tert-OH is 1. The number of carbonyl (C=O) groups is 2. The molecular formula is C9H12O4. The van der Waals surface area contributed by atoms with Gasteiger partial charge in [-0.15, -0.1) is 0 Å². The van der Waals surface area contributed by atoms with Gasteiger partial charge in [-0.2, -0.15) is 0 Å². The minimum atomic E-state index is -0.537. The van der Waals surface area contributed by atoms with Gasteiger partial charge in [-0.3, -0.25) is 4.79 Å². The smallest absolute Gasteiger partial charge is 0.138 e. The Hall–Kier alpha value is -0.740. The number of carbonyl (C=O) groups excluding carboxylic acids is 2.